The van der Waals surface area contributed by atoms with E-state index in [1.165, 1.54) is 12.0 Å². The van der Waals surface area contributed by atoms with E-state index in [0.29, 0.717) is 5.69 Å². The number of aromatic nitrogens is 2. The normalized spacial score (nSPS) is 14.6. The molecule has 2 N–H and O–H groups in total. The minimum Gasteiger partial charge on any atom is -0.466 e. The summed E-state index contributed by atoms with van der Waals surface area (Å²) < 4.78 is 6.57. The number of carbonyl (C=O) groups excluding carboxylic acids is 2. The van der Waals surface area contributed by atoms with Gasteiger partial charge in [-0.2, -0.15) is 5.10 Å². The second-order valence-electron chi connectivity index (χ2n) is 5.86. The number of aliphatic hydroxyl groups is 1. The minimum atomic E-state index is -0.560. The van der Waals surface area contributed by atoms with Crippen LogP contribution in [0.25, 0.3) is 10.9 Å². The van der Waals surface area contributed by atoms with Crippen molar-refractivity contribution in [1.29, 1.82) is 0 Å². The summed E-state index contributed by atoms with van der Waals surface area (Å²) in [5.74, 6) is -0.896. The Kier molecular flexibility index (Phi) is 4.45. The molecule has 2 aromatic rings. The molecule has 0 atom stereocenters. The number of benzene rings is 1. The average Bonchev–Trinajstić information content (AvgIpc) is 3.06. The number of hydrogen-bond acceptors (Lipinski definition) is 6. The maximum Gasteiger partial charge on any atom is 0.337 e. The molecule has 1 aliphatic rings. The molecule has 1 aromatic carbocycles. The SMILES string of the molecule is COC(=O)C1=C(Nc2ccc3nn(C)c(C)c3c2)C(=O)N(CCO)C1. The molecule has 25 heavy (non-hydrogen) atoms. The number of rotatable bonds is 5. The smallest absolute Gasteiger partial charge is 0.337 e. The second kappa shape index (κ2) is 6.56. The Labute approximate surface area is 144 Å². The van der Waals surface area contributed by atoms with Crippen LogP contribution in [0, 0.1) is 6.92 Å². The van der Waals surface area contributed by atoms with Gasteiger partial charge in [0.2, 0.25) is 0 Å². The molecular weight excluding hydrogens is 324 g/mol. The highest BCUT2D eigenvalue weighted by Crippen LogP contribution is 2.26. The van der Waals surface area contributed by atoms with Gasteiger partial charge in [0.05, 0.1) is 31.4 Å². The summed E-state index contributed by atoms with van der Waals surface area (Å²) in [5, 5.41) is 17.5. The summed E-state index contributed by atoms with van der Waals surface area (Å²) >= 11 is 0. The van der Waals surface area contributed by atoms with Crippen LogP contribution in [0.5, 0.6) is 0 Å². The number of aryl methyl sites for hydroxylation is 2. The number of methoxy groups -OCH3 is 1. The zero-order chi connectivity index (χ0) is 18.1. The van der Waals surface area contributed by atoms with Crippen molar-refractivity contribution in [2.24, 2.45) is 7.05 Å². The third kappa shape index (κ3) is 2.96. The van der Waals surface area contributed by atoms with E-state index in [0.717, 1.165) is 16.6 Å². The van der Waals surface area contributed by atoms with Crippen LogP contribution >= 0.6 is 0 Å². The fourth-order valence-electron chi connectivity index (χ4n) is 2.89. The summed E-state index contributed by atoms with van der Waals surface area (Å²) in [6.45, 7) is 2.06. The zero-order valence-electron chi connectivity index (χ0n) is 14.4. The van der Waals surface area contributed by atoms with Crippen LogP contribution in [0.2, 0.25) is 0 Å². The molecule has 2 heterocycles. The summed E-state index contributed by atoms with van der Waals surface area (Å²) in [6.07, 6.45) is 0. The van der Waals surface area contributed by atoms with Gasteiger partial charge in [-0.1, -0.05) is 0 Å². The number of hydrogen-bond donors (Lipinski definition) is 2. The van der Waals surface area contributed by atoms with Crippen molar-refractivity contribution in [3.8, 4) is 0 Å². The Morgan fingerprint density at radius 2 is 2.20 bits per heavy atom. The van der Waals surface area contributed by atoms with E-state index in [1.807, 2.05) is 26.1 Å². The fourth-order valence-corrected chi connectivity index (χ4v) is 2.89. The Morgan fingerprint density at radius 3 is 2.88 bits per heavy atom. The maximum atomic E-state index is 12.5. The van der Waals surface area contributed by atoms with Gasteiger partial charge < -0.3 is 20.1 Å². The first-order valence-corrected chi connectivity index (χ1v) is 7.88. The van der Waals surface area contributed by atoms with E-state index >= 15 is 0 Å². The molecule has 0 unspecified atom stereocenters. The molecule has 8 nitrogen and oxygen atoms in total. The minimum absolute atomic E-state index is 0.114. The standard InChI is InChI=1S/C17H20N4O4/c1-10-12-8-11(4-5-14(12)19-20(10)2)18-15-13(17(24)25-3)9-21(6-7-22)16(15)23/h4-5,8,18,22H,6-7,9H2,1-3H3. The van der Waals surface area contributed by atoms with Gasteiger partial charge in [-0.05, 0) is 25.1 Å². The summed E-state index contributed by atoms with van der Waals surface area (Å²) in [7, 11) is 3.14. The number of amides is 1. The molecule has 1 aliphatic heterocycles. The van der Waals surface area contributed by atoms with Gasteiger partial charge in [0.1, 0.15) is 5.70 Å². The Hall–Kier alpha value is -2.87. The Balaban J connectivity index is 1.97. The number of nitrogens with zero attached hydrogens (tertiary/aromatic N) is 3. The lowest BCUT2D eigenvalue weighted by Crippen LogP contribution is -2.31. The highest BCUT2D eigenvalue weighted by molar-refractivity contribution is 6.08. The van der Waals surface area contributed by atoms with E-state index in [9.17, 15) is 9.59 Å². The van der Waals surface area contributed by atoms with Gasteiger partial charge >= 0.3 is 5.97 Å². The first-order valence-electron chi connectivity index (χ1n) is 7.88. The average molecular weight is 344 g/mol. The lowest BCUT2D eigenvalue weighted by molar-refractivity contribution is -0.136. The Morgan fingerprint density at radius 1 is 1.44 bits per heavy atom. The van der Waals surface area contributed by atoms with E-state index in [4.69, 9.17) is 9.84 Å². The first kappa shape index (κ1) is 17.0. The zero-order valence-corrected chi connectivity index (χ0v) is 14.4. The highest BCUT2D eigenvalue weighted by atomic mass is 16.5. The summed E-state index contributed by atoms with van der Waals surface area (Å²) in [4.78, 5) is 25.9. The van der Waals surface area contributed by atoms with Crippen LogP contribution in [0.15, 0.2) is 29.5 Å². The molecule has 0 bridgehead atoms. The number of ether oxygens (including phenoxy) is 1. The van der Waals surface area contributed by atoms with Crippen LogP contribution in [-0.2, 0) is 21.4 Å². The number of carbonyl (C=O) groups is 2. The van der Waals surface area contributed by atoms with Crippen molar-refractivity contribution in [1.82, 2.24) is 14.7 Å². The lowest BCUT2D eigenvalue weighted by Gasteiger charge is -2.15. The van der Waals surface area contributed by atoms with Crippen LogP contribution in [0.1, 0.15) is 5.69 Å². The molecule has 1 amide bonds. The first-order chi connectivity index (χ1) is 12.0. The van der Waals surface area contributed by atoms with Crippen LogP contribution < -0.4 is 5.32 Å². The van der Waals surface area contributed by atoms with Gasteiger partial charge in [-0.25, -0.2) is 4.79 Å². The number of fused-ring (bicyclic) bond motifs is 1. The number of aliphatic hydroxyl groups excluding tert-OH is 1. The number of nitrogens with one attached hydrogen (secondary N) is 1. The summed E-state index contributed by atoms with van der Waals surface area (Å²) in [6, 6.07) is 5.55. The van der Waals surface area contributed by atoms with Gasteiger partial charge in [-0.15, -0.1) is 0 Å². The highest BCUT2D eigenvalue weighted by Gasteiger charge is 2.34. The molecule has 3 rings (SSSR count). The quantitative estimate of drug-likeness (QED) is 0.769. The van der Waals surface area contributed by atoms with Gasteiger partial charge in [0, 0.05) is 30.4 Å². The Bertz CT molecular complexity index is 884. The fraction of sp³-hybridized carbons (Fsp3) is 0.353. The van der Waals surface area contributed by atoms with Crippen molar-refractivity contribution in [2.75, 3.05) is 32.1 Å². The molecule has 8 heteroatoms. The van der Waals surface area contributed by atoms with Crippen LogP contribution in [0.4, 0.5) is 5.69 Å². The molecule has 1 aromatic heterocycles. The van der Waals surface area contributed by atoms with Gasteiger partial charge in [0.15, 0.2) is 0 Å². The van der Waals surface area contributed by atoms with Gasteiger partial charge in [0.25, 0.3) is 5.91 Å². The van der Waals surface area contributed by atoms with Crippen molar-refractivity contribution < 1.29 is 19.4 Å². The van der Waals surface area contributed by atoms with Crippen molar-refractivity contribution in [2.45, 2.75) is 6.92 Å². The molecule has 132 valence electrons. The second-order valence-corrected chi connectivity index (χ2v) is 5.86. The third-order valence-electron chi connectivity index (χ3n) is 4.35. The molecule has 0 saturated heterocycles. The van der Waals surface area contributed by atoms with Crippen molar-refractivity contribution in [3.63, 3.8) is 0 Å². The molecular formula is C17H20N4O4. The molecule has 0 saturated carbocycles. The van der Waals surface area contributed by atoms with E-state index in [-0.39, 0.29) is 36.9 Å². The number of esters is 1. The monoisotopic (exact) mass is 344 g/mol. The third-order valence-corrected chi connectivity index (χ3v) is 4.35. The van der Waals surface area contributed by atoms with Crippen LogP contribution in [-0.4, -0.2) is 58.5 Å². The van der Waals surface area contributed by atoms with E-state index in [2.05, 4.69) is 10.4 Å². The predicted octanol–water partition coefficient (Wildman–Crippen LogP) is 0.555. The van der Waals surface area contributed by atoms with E-state index < -0.39 is 5.97 Å². The lowest BCUT2D eigenvalue weighted by atomic mass is 10.1. The maximum absolute atomic E-state index is 12.5. The predicted molar refractivity (Wildman–Crippen MR) is 91.8 cm³/mol. The molecule has 0 aliphatic carbocycles. The molecule has 0 fully saturated rings. The molecule has 0 spiro atoms. The number of β-amino-alcohol motifs (C(OH)–C–C–N with tert-alkyl or cyclic N) is 1. The van der Waals surface area contributed by atoms with E-state index in [1.54, 1.807) is 10.7 Å². The van der Waals surface area contributed by atoms with Crippen molar-refractivity contribution >= 4 is 28.5 Å². The van der Waals surface area contributed by atoms with Crippen molar-refractivity contribution in [3.05, 3.63) is 35.2 Å². The summed E-state index contributed by atoms with van der Waals surface area (Å²) in [5.41, 5.74) is 2.97. The van der Waals surface area contributed by atoms with Gasteiger partial charge in [-0.3, -0.25) is 9.48 Å². The molecule has 0 radical (unpaired) electrons. The topological polar surface area (TPSA) is 96.7 Å². The number of anilines is 1. The largest absolute Gasteiger partial charge is 0.466 e. The van der Waals surface area contributed by atoms with Crippen LogP contribution in [0.3, 0.4) is 0 Å².